The predicted molar refractivity (Wildman–Crippen MR) is 101 cm³/mol. The first-order valence-electron chi connectivity index (χ1n) is 7.90. The molecule has 0 aromatic carbocycles. The molecule has 0 fully saturated rings. The number of nitrogens with one attached hydrogen (secondary N) is 2. The third-order valence-electron chi connectivity index (χ3n) is 3.05. The molecule has 0 spiro atoms. The Labute approximate surface area is 172 Å². The van der Waals surface area contributed by atoms with Gasteiger partial charge in [0.15, 0.2) is 0 Å². The van der Waals surface area contributed by atoms with E-state index in [0.29, 0.717) is 5.75 Å². The maximum Gasteiger partial charge on any atom is 0.327 e. The molecule has 7 N–H and O–H groups in total. The van der Waals surface area contributed by atoms with Crippen LogP contribution >= 0.6 is 21.6 Å². The van der Waals surface area contributed by atoms with Gasteiger partial charge in [0.05, 0.1) is 12.8 Å². The molecule has 0 unspecified atom stereocenters. The maximum atomic E-state index is 12.0. The second-order valence-electron chi connectivity index (χ2n) is 5.34. The predicted octanol–water partition coefficient (Wildman–Crippen LogP) is -2.13. The Bertz CT molecular complexity index is 618. The summed E-state index contributed by atoms with van der Waals surface area (Å²) in [5.74, 6) is -5.95. The van der Waals surface area contributed by atoms with E-state index in [0.717, 1.165) is 10.8 Å². The zero-order valence-corrected chi connectivity index (χ0v) is 16.6. The van der Waals surface area contributed by atoms with Crippen molar-refractivity contribution in [3.8, 4) is 0 Å². The fourth-order valence-corrected chi connectivity index (χ4v) is 3.65. The summed E-state index contributed by atoms with van der Waals surface area (Å²) in [6.45, 7) is 0.412. The summed E-state index contributed by atoms with van der Waals surface area (Å²) >= 11 is 0. The van der Waals surface area contributed by atoms with Crippen molar-refractivity contribution in [2.75, 3.05) is 18.1 Å². The van der Waals surface area contributed by atoms with Gasteiger partial charge in [-0.1, -0.05) is 21.6 Å². The molecule has 0 heterocycles. The van der Waals surface area contributed by atoms with Crippen molar-refractivity contribution in [1.82, 2.24) is 10.6 Å². The molecule has 15 heteroatoms. The van der Waals surface area contributed by atoms with Gasteiger partial charge in [0.25, 0.3) is 6.47 Å². The number of carbonyl (C=O) groups is 6. The monoisotopic (exact) mass is 455 g/mol. The molecule has 0 aromatic rings. The van der Waals surface area contributed by atoms with Crippen LogP contribution in [-0.2, 0) is 33.5 Å². The Kier molecular flexibility index (Phi) is 13.2. The minimum Gasteiger partial charge on any atom is -0.480 e. The van der Waals surface area contributed by atoms with E-state index in [1.54, 1.807) is 0 Å². The first-order chi connectivity index (χ1) is 13.6. The Morgan fingerprint density at radius 3 is 1.97 bits per heavy atom. The Morgan fingerprint density at radius 1 is 0.897 bits per heavy atom. The smallest absolute Gasteiger partial charge is 0.327 e. The van der Waals surface area contributed by atoms with E-state index >= 15 is 0 Å². The molecule has 0 aromatic heterocycles. The van der Waals surface area contributed by atoms with Crippen molar-refractivity contribution in [1.29, 1.82) is 0 Å². The van der Waals surface area contributed by atoms with Gasteiger partial charge >= 0.3 is 17.9 Å². The second kappa shape index (κ2) is 14.5. The molecule has 0 aliphatic heterocycles. The number of carbonyl (C=O) groups excluding carboxylic acids is 3. The van der Waals surface area contributed by atoms with Crippen molar-refractivity contribution in [2.45, 2.75) is 31.0 Å². The zero-order chi connectivity index (χ0) is 22.4. The van der Waals surface area contributed by atoms with E-state index in [1.807, 2.05) is 5.32 Å². The lowest BCUT2D eigenvalue weighted by Crippen LogP contribution is -2.49. The Hall–Kier alpha value is -2.52. The van der Waals surface area contributed by atoms with Crippen LogP contribution in [0.15, 0.2) is 0 Å². The summed E-state index contributed by atoms with van der Waals surface area (Å²) in [4.78, 5) is 66.6. The van der Waals surface area contributed by atoms with E-state index in [2.05, 4.69) is 10.1 Å². The highest BCUT2D eigenvalue weighted by atomic mass is 33.1. The summed E-state index contributed by atoms with van der Waals surface area (Å²) in [6, 6.07) is -4.56. The van der Waals surface area contributed by atoms with Crippen LogP contribution < -0.4 is 16.4 Å². The summed E-state index contributed by atoms with van der Waals surface area (Å²) < 4.78 is 4.46. The number of rotatable bonds is 16. The van der Waals surface area contributed by atoms with Gasteiger partial charge in [-0.3, -0.25) is 19.2 Å². The fraction of sp³-hybridized carbons (Fsp3) is 0.571. The lowest BCUT2D eigenvalue weighted by molar-refractivity contribution is -0.144. The quantitative estimate of drug-likeness (QED) is 0.0832. The molecule has 2 amide bonds. The summed E-state index contributed by atoms with van der Waals surface area (Å²) in [5, 5.41) is 31.0. The van der Waals surface area contributed by atoms with Gasteiger partial charge in [-0.15, -0.1) is 0 Å². The molecule has 3 atom stereocenters. The number of ether oxygens (including phenoxy) is 1. The molecular weight excluding hydrogens is 434 g/mol. The summed E-state index contributed by atoms with van der Waals surface area (Å²) in [6.07, 6.45) is -1.46. The minimum absolute atomic E-state index is 0.0512. The summed E-state index contributed by atoms with van der Waals surface area (Å²) in [7, 11) is 2.31. The lowest BCUT2D eigenvalue weighted by Gasteiger charge is -2.18. The number of aliphatic carboxylic acids is 3. The number of hydrogen-bond acceptors (Lipinski definition) is 10. The third-order valence-corrected chi connectivity index (χ3v) is 5.43. The van der Waals surface area contributed by atoms with Crippen LogP contribution in [0.1, 0.15) is 12.8 Å². The van der Waals surface area contributed by atoms with Gasteiger partial charge in [0, 0.05) is 11.5 Å². The highest BCUT2D eigenvalue weighted by molar-refractivity contribution is 8.76. The minimum atomic E-state index is -1.69. The van der Waals surface area contributed by atoms with Crippen LogP contribution in [0.5, 0.6) is 0 Å². The van der Waals surface area contributed by atoms with Gasteiger partial charge in [0.1, 0.15) is 24.7 Å². The average Bonchev–Trinajstić information content (AvgIpc) is 2.62. The number of carboxylic acids is 3. The summed E-state index contributed by atoms with van der Waals surface area (Å²) in [5.41, 5.74) is 5.17. The van der Waals surface area contributed by atoms with Gasteiger partial charge in [-0.05, 0) is 0 Å². The van der Waals surface area contributed by atoms with Gasteiger partial charge in [0.2, 0.25) is 11.8 Å². The van der Waals surface area contributed by atoms with E-state index in [-0.39, 0.29) is 18.8 Å². The standard InChI is InChI=1S/C14H21N3O10S2/c15-7(12(21)22)3-10(19)16-8(13(23)24)4-11(20)17-9(14(25)26)5-29-28-2-1-27-6-18/h6-9H,1-5,15H2,(H,16,19)(H,17,20)(H,21,22)(H,23,24)(H,25,26)/t7-,8-,9-/m0/s1. The number of amides is 2. The first-order valence-corrected chi connectivity index (χ1v) is 10.4. The highest BCUT2D eigenvalue weighted by Gasteiger charge is 2.27. The normalized spacial score (nSPS) is 13.4. The average molecular weight is 455 g/mol. The topological polar surface area (TPSA) is 222 Å². The zero-order valence-electron chi connectivity index (χ0n) is 14.9. The van der Waals surface area contributed by atoms with Crippen LogP contribution in [0.25, 0.3) is 0 Å². The molecule has 0 rings (SSSR count). The SMILES string of the molecule is N[C@@H](CC(=O)N[C@@H](CC(=O)N[C@@H](CSSCCOC=O)C(=O)O)C(=O)O)C(=O)O. The molecule has 0 bridgehead atoms. The van der Waals surface area contributed by atoms with Gasteiger partial charge in [-0.25, -0.2) is 9.59 Å². The van der Waals surface area contributed by atoms with Crippen LogP contribution in [0.3, 0.4) is 0 Å². The largest absolute Gasteiger partial charge is 0.480 e. The first kappa shape index (κ1) is 26.5. The molecule has 0 aliphatic rings. The van der Waals surface area contributed by atoms with E-state index in [9.17, 15) is 28.8 Å². The van der Waals surface area contributed by atoms with E-state index < -0.39 is 60.7 Å². The van der Waals surface area contributed by atoms with E-state index in [1.165, 1.54) is 10.8 Å². The van der Waals surface area contributed by atoms with Crippen molar-refractivity contribution in [2.24, 2.45) is 5.73 Å². The number of carboxylic acid groups (broad SMARTS) is 3. The van der Waals surface area contributed by atoms with Crippen molar-refractivity contribution >= 4 is 57.8 Å². The number of nitrogens with two attached hydrogens (primary N) is 1. The number of hydrogen-bond donors (Lipinski definition) is 6. The van der Waals surface area contributed by atoms with Crippen LogP contribution in [0, 0.1) is 0 Å². The highest BCUT2D eigenvalue weighted by Crippen LogP contribution is 2.21. The second-order valence-corrected chi connectivity index (χ2v) is 7.97. The molecule has 164 valence electrons. The molecule has 0 saturated carbocycles. The van der Waals surface area contributed by atoms with Gasteiger partial charge < -0.3 is 36.4 Å². The van der Waals surface area contributed by atoms with E-state index in [4.69, 9.17) is 21.1 Å². The van der Waals surface area contributed by atoms with Crippen molar-refractivity contribution in [3.63, 3.8) is 0 Å². The molecule has 13 nitrogen and oxygen atoms in total. The lowest BCUT2D eigenvalue weighted by atomic mass is 10.1. The fourth-order valence-electron chi connectivity index (χ4n) is 1.66. The third kappa shape index (κ3) is 12.5. The van der Waals surface area contributed by atoms with Crippen molar-refractivity contribution in [3.05, 3.63) is 0 Å². The molecule has 0 radical (unpaired) electrons. The molecule has 0 aliphatic carbocycles. The van der Waals surface area contributed by atoms with Crippen molar-refractivity contribution < 1.29 is 48.8 Å². The maximum absolute atomic E-state index is 12.0. The van der Waals surface area contributed by atoms with Crippen LogP contribution in [0.2, 0.25) is 0 Å². The molecule has 29 heavy (non-hydrogen) atoms. The van der Waals surface area contributed by atoms with Crippen LogP contribution in [-0.4, -0.2) is 87.8 Å². The Balaban J connectivity index is 4.60. The van der Waals surface area contributed by atoms with Crippen LogP contribution in [0.4, 0.5) is 0 Å². The Morgan fingerprint density at radius 2 is 1.45 bits per heavy atom. The molecular formula is C14H21N3O10S2. The molecule has 0 saturated heterocycles. The van der Waals surface area contributed by atoms with Gasteiger partial charge in [-0.2, -0.15) is 0 Å².